The molecule has 3 heterocycles. The number of carbonyl (C=O) groups is 2. The van der Waals surface area contributed by atoms with Gasteiger partial charge in [0.25, 0.3) is 0 Å². The second-order valence-corrected chi connectivity index (χ2v) is 31.5. The summed E-state index contributed by atoms with van der Waals surface area (Å²) >= 11 is 0. The summed E-state index contributed by atoms with van der Waals surface area (Å²) in [6.07, 6.45) is 5.56. The van der Waals surface area contributed by atoms with E-state index < -0.39 is 22.6 Å². The van der Waals surface area contributed by atoms with Gasteiger partial charge in [0, 0.05) is 64.5 Å². The van der Waals surface area contributed by atoms with Gasteiger partial charge in [-0.3, -0.25) is 24.3 Å². The molecule has 0 bridgehead atoms. The molecule has 3 fully saturated rings. The Morgan fingerprint density at radius 1 is 0.514 bits per heavy atom. The number of aromatic hydroxyl groups is 2. The zero-order valence-corrected chi connectivity index (χ0v) is 52.2. The van der Waals surface area contributed by atoms with Gasteiger partial charge in [-0.25, -0.2) is 0 Å². The van der Waals surface area contributed by atoms with Gasteiger partial charge in [0.2, 0.25) is 0 Å². The molecule has 3 aliphatic rings. The van der Waals surface area contributed by atoms with Crippen LogP contribution in [-0.2, 0) is 53.6 Å². The number of hydrogen-bond acceptors (Lipinski definition) is 9. The number of carbonyl (C=O) groups excluding carboxylic acids is 2. The summed E-state index contributed by atoms with van der Waals surface area (Å²) in [5, 5.41) is 22.9. The number of aryl methyl sites for hydroxylation is 2. The molecule has 0 aromatic heterocycles. The van der Waals surface area contributed by atoms with Crippen LogP contribution < -0.4 is 0 Å². The van der Waals surface area contributed by atoms with Gasteiger partial charge >= 0.3 is 11.9 Å². The van der Waals surface area contributed by atoms with Gasteiger partial charge in [-0.2, -0.15) is 0 Å². The molecule has 2 N–H and O–H groups in total. The molecule has 2 aromatic carbocycles. The van der Waals surface area contributed by atoms with Crippen molar-refractivity contribution in [1.82, 2.24) is 14.7 Å². The fourth-order valence-corrected chi connectivity index (χ4v) is 15.1. The number of nitrogens with zero attached hydrogens (tertiary/aromatic N) is 3. The number of benzene rings is 2. The van der Waals surface area contributed by atoms with Gasteiger partial charge in [-0.15, -0.1) is 0 Å². The Balaban J connectivity index is 1.59. The Labute approximate surface area is 452 Å². The SMILES string of the molecule is CN1C(C)(C)CC(C2(C3CC(C)(C)N(C)C(C)(C)C3)C(OC(=O)CCc3cc(C(C)(C)C)c(O)c(C(C)(C)C)c3)CC(C)(C)N(CCOC(=O)CCc3cc(C(C)(C)C)c(O)c(C(C)(C)C)c3)C2(C)C)CC1(C)C. The van der Waals surface area contributed by atoms with Crippen LogP contribution in [0.2, 0.25) is 0 Å². The van der Waals surface area contributed by atoms with Crippen molar-refractivity contribution in [2.75, 3.05) is 27.2 Å². The van der Waals surface area contributed by atoms with E-state index in [1.54, 1.807) is 0 Å². The van der Waals surface area contributed by atoms with Crippen molar-refractivity contribution in [3.05, 3.63) is 57.6 Å². The minimum absolute atomic E-state index is 0.138. The van der Waals surface area contributed by atoms with E-state index in [0.29, 0.717) is 37.3 Å². The number of esters is 2. The minimum atomic E-state index is -0.537. The Hall–Kier alpha value is -3.14. The van der Waals surface area contributed by atoms with E-state index in [1.165, 1.54) is 0 Å². The summed E-state index contributed by atoms with van der Waals surface area (Å²) in [6, 6.07) is 8.33. The number of piperidine rings is 3. The molecule has 2 aromatic rings. The summed E-state index contributed by atoms with van der Waals surface area (Å²) in [4.78, 5) is 36.8. The summed E-state index contributed by atoms with van der Waals surface area (Å²) in [5.41, 5.74) is 2.52. The largest absolute Gasteiger partial charge is 0.507 e. The van der Waals surface area contributed by atoms with Gasteiger partial charge in [0.1, 0.15) is 24.2 Å². The van der Waals surface area contributed by atoms with Crippen molar-refractivity contribution in [3.8, 4) is 11.5 Å². The van der Waals surface area contributed by atoms with Crippen LogP contribution in [0.15, 0.2) is 24.3 Å². The molecule has 420 valence electrons. The van der Waals surface area contributed by atoms with Gasteiger partial charge < -0.3 is 19.7 Å². The fourth-order valence-electron chi connectivity index (χ4n) is 15.1. The molecule has 5 rings (SSSR count). The average molecular weight is 1030 g/mol. The number of ether oxygens (including phenoxy) is 2. The predicted molar refractivity (Wildman–Crippen MR) is 308 cm³/mol. The minimum Gasteiger partial charge on any atom is -0.507 e. The van der Waals surface area contributed by atoms with Gasteiger partial charge in [-0.1, -0.05) is 107 Å². The molecule has 9 heteroatoms. The first kappa shape index (κ1) is 61.7. The topological polar surface area (TPSA) is 103 Å². The first-order valence-electron chi connectivity index (χ1n) is 28.5. The van der Waals surface area contributed by atoms with Crippen molar-refractivity contribution < 1.29 is 29.3 Å². The molecule has 0 spiro atoms. The number of likely N-dealkylation sites (tertiary alicyclic amines) is 3. The zero-order valence-electron chi connectivity index (χ0n) is 52.2. The van der Waals surface area contributed by atoms with Crippen molar-refractivity contribution in [2.45, 2.75) is 285 Å². The van der Waals surface area contributed by atoms with E-state index in [4.69, 9.17) is 9.47 Å². The maximum atomic E-state index is 15.1. The van der Waals surface area contributed by atoms with Gasteiger partial charge in [0.05, 0.1) is 0 Å². The average Bonchev–Trinajstić information content (AvgIpc) is 3.20. The molecule has 1 atom stereocenters. The highest BCUT2D eigenvalue weighted by Gasteiger charge is 2.71. The summed E-state index contributed by atoms with van der Waals surface area (Å²) in [6.45, 7) is 54.9. The molecule has 74 heavy (non-hydrogen) atoms. The van der Waals surface area contributed by atoms with E-state index in [0.717, 1.165) is 59.1 Å². The summed E-state index contributed by atoms with van der Waals surface area (Å²) in [5.74, 6) is 0.646. The third kappa shape index (κ3) is 12.3. The van der Waals surface area contributed by atoms with E-state index in [2.05, 4.69) is 219 Å². The molecule has 9 nitrogen and oxygen atoms in total. The Morgan fingerprint density at radius 3 is 1.14 bits per heavy atom. The molecular weight excluding hydrogens is 919 g/mol. The molecule has 0 amide bonds. The molecule has 0 aliphatic carbocycles. The van der Waals surface area contributed by atoms with Crippen molar-refractivity contribution in [3.63, 3.8) is 0 Å². The second-order valence-electron chi connectivity index (χ2n) is 31.5. The highest BCUT2D eigenvalue weighted by atomic mass is 16.5. The van der Waals surface area contributed by atoms with Crippen LogP contribution in [0.1, 0.15) is 244 Å². The quantitative estimate of drug-likeness (QED) is 0.201. The number of phenolic OH excluding ortho intramolecular Hbond substituents is 2. The zero-order chi connectivity index (χ0) is 56.8. The summed E-state index contributed by atoms with van der Waals surface area (Å²) < 4.78 is 13.6. The summed E-state index contributed by atoms with van der Waals surface area (Å²) in [7, 11) is 4.57. The van der Waals surface area contributed by atoms with Gasteiger partial charge in [0.15, 0.2) is 0 Å². The highest BCUT2D eigenvalue weighted by molar-refractivity contribution is 5.71. The lowest BCUT2D eigenvalue weighted by atomic mass is 9.43. The monoisotopic (exact) mass is 1030 g/mol. The predicted octanol–water partition coefficient (Wildman–Crippen LogP) is 14.4. The molecule has 0 radical (unpaired) electrons. The van der Waals surface area contributed by atoms with Crippen LogP contribution in [0.25, 0.3) is 0 Å². The van der Waals surface area contributed by atoms with Crippen LogP contribution in [0.5, 0.6) is 11.5 Å². The lowest BCUT2D eigenvalue weighted by Gasteiger charge is -2.73. The maximum absolute atomic E-state index is 15.1. The van der Waals surface area contributed by atoms with E-state index in [9.17, 15) is 15.0 Å². The first-order valence-corrected chi connectivity index (χ1v) is 28.5. The van der Waals surface area contributed by atoms with Crippen molar-refractivity contribution in [1.29, 1.82) is 0 Å². The van der Waals surface area contributed by atoms with E-state index >= 15 is 4.79 Å². The highest BCUT2D eigenvalue weighted by Crippen LogP contribution is 2.67. The second kappa shape index (κ2) is 20.3. The van der Waals surface area contributed by atoms with E-state index in [1.807, 2.05) is 0 Å². The molecule has 3 saturated heterocycles. The maximum Gasteiger partial charge on any atom is 0.306 e. The van der Waals surface area contributed by atoms with Crippen LogP contribution in [0, 0.1) is 17.3 Å². The Bertz CT molecular complexity index is 2210. The fraction of sp³-hybridized carbons (Fsp3) is 0.785. The lowest BCUT2D eigenvalue weighted by Crippen LogP contribution is -2.79. The molecule has 3 aliphatic heterocycles. The van der Waals surface area contributed by atoms with Crippen LogP contribution in [0.3, 0.4) is 0 Å². The number of hydrogen-bond donors (Lipinski definition) is 2. The molecule has 1 unspecified atom stereocenters. The Kier molecular flexibility index (Phi) is 16.9. The molecular formula is C65H109N3O6. The van der Waals surface area contributed by atoms with Crippen molar-refractivity contribution >= 4 is 11.9 Å². The normalized spacial score (nSPS) is 23.6. The third-order valence-electron chi connectivity index (χ3n) is 19.3. The van der Waals surface area contributed by atoms with E-state index in [-0.39, 0.29) is 87.0 Å². The Morgan fingerprint density at radius 2 is 0.824 bits per heavy atom. The van der Waals surface area contributed by atoms with Crippen LogP contribution in [-0.4, -0.2) is 103 Å². The third-order valence-corrected chi connectivity index (χ3v) is 19.3. The first-order chi connectivity index (χ1) is 33.1. The standard InChI is InChI=1S/C65H109N3O6/c1-55(2,3)46-33-42(34-47(53(46)71)56(4,5)6)27-29-51(69)73-32-31-68-63(21,22)41-50(74-52(70)30-28-43-35-48(57(7,8)9)54(72)49(36-43)58(10,11)12)65(64(68,23)24,44-37-59(13,14)66(25)60(15,16)38-44)45-39-61(17,18)67(26)62(19,20)40-45/h33-36,44-45,50,71-72H,27-32,37-41H2,1-26H3. The smallest absolute Gasteiger partial charge is 0.306 e. The van der Waals surface area contributed by atoms with Gasteiger partial charge in [-0.05, 0) is 203 Å². The number of rotatable bonds is 12. The van der Waals surface area contributed by atoms with Crippen LogP contribution in [0.4, 0.5) is 0 Å². The molecule has 0 saturated carbocycles. The van der Waals surface area contributed by atoms with Crippen molar-refractivity contribution in [2.24, 2.45) is 17.3 Å². The lowest BCUT2D eigenvalue weighted by molar-refractivity contribution is -0.267. The number of phenols is 2. The van der Waals surface area contributed by atoms with Crippen LogP contribution >= 0.6 is 0 Å².